The Balaban J connectivity index is 1.62. The summed E-state index contributed by atoms with van der Waals surface area (Å²) in [6.07, 6.45) is 2.96. The molecule has 0 atom stereocenters. The van der Waals surface area contributed by atoms with Gasteiger partial charge >= 0.3 is 0 Å². The highest BCUT2D eigenvalue weighted by Gasteiger charge is 2.14. The summed E-state index contributed by atoms with van der Waals surface area (Å²) >= 11 is 0. The summed E-state index contributed by atoms with van der Waals surface area (Å²) in [5, 5.41) is 0. The Labute approximate surface area is 149 Å². The van der Waals surface area contributed by atoms with Crippen molar-refractivity contribution in [2.24, 2.45) is 0 Å². The highest BCUT2D eigenvalue weighted by molar-refractivity contribution is 5.94. The van der Waals surface area contributed by atoms with Gasteiger partial charge in [0.05, 0.1) is 18.9 Å². The predicted octanol–water partition coefficient (Wildman–Crippen LogP) is 2.32. The lowest BCUT2D eigenvalue weighted by Crippen LogP contribution is -2.43. The molecular formula is C19H17FN4O2. The molecule has 2 amide bonds. The van der Waals surface area contributed by atoms with Crippen LogP contribution in [0.3, 0.4) is 0 Å². The molecule has 0 aliphatic rings. The van der Waals surface area contributed by atoms with Crippen LogP contribution in [0, 0.1) is 12.7 Å². The number of hydrazine groups is 1. The molecule has 0 aliphatic heterocycles. The second kappa shape index (κ2) is 7.60. The van der Waals surface area contributed by atoms with Gasteiger partial charge in [-0.15, -0.1) is 0 Å². The van der Waals surface area contributed by atoms with E-state index in [1.807, 2.05) is 31.2 Å². The molecule has 3 aromatic rings. The largest absolute Gasteiger partial charge is 0.295 e. The Morgan fingerprint density at radius 2 is 1.73 bits per heavy atom. The molecule has 2 N–H and O–H groups in total. The standard InChI is InChI=1S/C19H17FN4O2/c1-13-2-4-14(5-3-13)10-18(25)22-23-19(26)17-11-21-12-24(17)16-8-6-15(20)7-9-16/h2-9,11-12H,10H2,1H3,(H,22,25)(H,23,26). The molecule has 0 aliphatic carbocycles. The van der Waals surface area contributed by atoms with Crippen LogP contribution in [-0.4, -0.2) is 21.4 Å². The minimum Gasteiger partial charge on any atom is -0.295 e. The van der Waals surface area contributed by atoms with Crippen molar-refractivity contribution in [3.05, 3.63) is 83.7 Å². The second-order valence-electron chi connectivity index (χ2n) is 5.79. The number of imidazole rings is 1. The molecule has 2 aromatic carbocycles. The van der Waals surface area contributed by atoms with E-state index in [1.165, 1.54) is 41.4 Å². The minimum atomic E-state index is -0.524. The number of aryl methyl sites for hydroxylation is 1. The van der Waals surface area contributed by atoms with Gasteiger partial charge in [0.1, 0.15) is 11.5 Å². The number of halogens is 1. The summed E-state index contributed by atoms with van der Waals surface area (Å²) in [6.45, 7) is 1.97. The van der Waals surface area contributed by atoms with E-state index in [9.17, 15) is 14.0 Å². The Bertz CT molecular complexity index is 917. The van der Waals surface area contributed by atoms with Crippen molar-refractivity contribution in [3.63, 3.8) is 0 Å². The van der Waals surface area contributed by atoms with Crippen LogP contribution < -0.4 is 10.9 Å². The Morgan fingerprint density at radius 1 is 1.04 bits per heavy atom. The Morgan fingerprint density at radius 3 is 2.42 bits per heavy atom. The van der Waals surface area contributed by atoms with Crippen LogP contribution in [0.5, 0.6) is 0 Å². The summed E-state index contributed by atoms with van der Waals surface area (Å²) in [4.78, 5) is 28.2. The minimum absolute atomic E-state index is 0.151. The first-order valence-corrected chi connectivity index (χ1v) is 7.96. The SMILES string of the molecule is Cc1ccc(CC(=O)NNC(=O)c2cncn2-c2ccc(F)cc2)cc1. The lowest BCUT2D eigenvalue weighted by molar-refractivity contribution is -0.121. The lowest BCUT2D eigenvalue weighted by atomic mass is 10.1. The molecule has 0 radical (unpaired) electrons. The van der Waals surface area contributed by atoms with Crippen LogP contribution in [0.4, 0.5) is 4.39 Å². The fraction of sp³-hybridized carbons (Fsp3) is 0.105. The maximum atomic E-state index is 13.0. The van der Waals surface area contributed by atoms with E-state index in [-0.39, 0.29) is 23.8 Å². The third-order valence-corrected chi connectivity index (χ3v) is 3.78. The highest BCUT2D eigenvalue weighted by atomic mass is 19.1. The van der Waals surface area contributed by atoms with E-state index in [1.54, 1.807) is 0 Å². The third kappa shape index (κ3) is 4.13. The molecule has 0 unspecified atom stereocenters. The summed E-state index contributed by atoms with van der Waals surface area (Å²) in [5.74, 6) is -1.23. The molecule has 1 heterocycles. The quantitative estimate of drug-likeness (QED) is 0.708. The number of benzene rings is 2. The fourth-order valence-corrected chi connectivity index (χ4v) is 2.40. The maximum Gasteiger partial charge on any atom is 0.288 e. The topological polar surface area (TPSA) is 76.0 Å². The third-order valence-electron chi connectivity index (χ3n) is 3.78. The molecule has 6 nitrogen and oxygen atoms in total. The molecule has 0 saturated carbocycles. The fourth-order valence-electron chi connectivity index (χ4n) is 2.40. The summed E-state index contributed by atoms with van der Waals surface area (Å²) < 4.78 is 14.5. The molecule has 3 rings (SSSR count). The molecule has 1 aromatic heterocycles. The number of amides is 2. The van der Waals surface area contributed by atoms with Gasteiger partial charge in [-0.05, 0) is 36.8 Å². The van der Waals surface area contributed by atoms with E-state index in [0.717, 1.165) is 11.1 Å². The first-order chi connectivity index (χ1) is 12.5. The molecular weight excluding hydrogens is 335 g/mol. The molecule has 7 heteroatoms. The van der Waals surface area contributed by atoms with Crippen LogP contribution in [0.25, 0.3) is 5.69 Å². The first-order valence-electron chi connectivity index (χ1n) is 7.96. The van der Waals surface area contributed by atoms with Gasteiger partial charge in [-0.1, -0.05) is 29.8 Å². The lowest BCUT2D eigenvalue weighted by Gasteiger charge is -2.10. The van der Waals surface area contributed by atoms with Gasteiger partial charge in [-0.3, -0.25) is 25.0 Å². The van der Waals surface area contributed by atoms with Crippen molar-refractivity contribution in [1.82, 2.24) is 20.4 Å². The van der Waals surface area contributed by atoms with Gasteiger partial charge < -0.3 is 0 Å². The Hall–Kier alpha value is -3.48. The number of nitrogens with zero attached hydrogens (tertiary/aromatic N) is 2. The van der Waals surface area contributed by atoms with Crippen LogP contribution in [0.1, 0.15) is 21.6 Å². The van der Waals surface area contributed by atoms with Crippen molar-refractivity contribution < 1.29 is 14.0 Å². The summed E-state index contributed by atoms with van der Waals surface area (Å²) in [7, 11) is 0. The number of nitrogens with one attached hydrogen (secondary N) is 2. The number of aromatic nitrogens is 2. The number of carbonyl (C=O) groups excluding carboxylic acids is 2. The van der Waals surface area contributed by atoms with E-state index in [0.29, 0.717) is 5.69 Å². The van der Waals surface area contributed by atoms with E-state index in [2.05, 4.69) is 15.8 Å². The number of hydrogen-bond donors (Lipinski definition) is 2. The van der Waals surface area contributed by atoms with E-state index in [4.69, 9.17) is 0 Å². The molecule has 0 fully saturated rings. The van der Waals surface area contributed by atoms with E-state index >= 15 is 0 Å². The normalized spacial score (nSPS) is 10.4. The Kier molecular flexibility index (Phi) is 5.07. The van der Waals surface area contributed by atoms with E-state index < -0.39 is 5.91 Å². The zero-order chi connectivity index (χ0) is 18.5. The van der Waals surface area contributed by atoms with Crippen molar-refractivity contribution in [1.29, 1.82) is 0 Å². The number of hydrogen-bond acceptors (Lipinski definition) is 3. The second-order valence-corrected chi connectivity index (χ2v) is 5.79. The monoisotopic (exact) mass is 352 g/mol. The molecule has 132 valence electrons. The van der Waals surface area contributed by atoms with Gasteiger partial charge in [0, 0.05) is 5.69 Å². The van der Waals surface area contributed by atoms with Crippen molar-refractivity contribution >= 4 is 11.8 Å². The zero-order valence-corrected chi connectivity index (χ0v) is 14.1. The first kappa shape index (κ1) is 17.3. The average Bonchev–Trinajstić information content (AvgIpc) is 3.12. The number of carbonyl (C=O) groups is 2. The molecule has 0 saturated heterocycles. The average molecular weight is 352 g/mol. The van der Waals surface area contributed by atoms with Gasteiger partial charge in [0.15, 0.2) is 0 Å². The van der Waals surface area contributed by atoms with Crippen molar-refractivity contribution in [2.45, 2.75) is 13.3 Å². The molecule has 0 bridgehead atoms. The smallest absolute Gasteiger partial charge is 0.288 e. The summed E-state index contributed by atoms with van der Waals surface area (Å²) in [5.41, 5.74) is 7.50. The van der Waals surface area contributed by atoms with Crippen LogP contribution >= 0.6 is 0 Å². The van der Waals surface area contributed by atoms with Gasteiger partial charge in [-0.2, -0.15) is 0 Å². The highest BCUT2D eigenvalue weighted by Crippen LogP contribution is 2.12. The molecule has 26 heavy (non-hydrogen) atoms. The van der Waals surface area contributed by atoms with Crippen LogP contribution in [-0.2, 0) is 11.2 Å². The van der Waals surface area contributed by atoms with Gasteiger partial charge in [-0.25, -0.2) is 9.37 Å². The molecule has 0 spiro atoms. The number of rotatable bonds is 4. The zero-order valence-electron chi connectivity index (χ0n) is 14.1. The van der Waals surface area contributed by atoms with Crippen LogP contribution in [0.2, 0.25) is 0 Å². The van der Waals surface area contributed by atoms with Crippen LogP contribution in [0.15, 0.2) is 61.1 Å². The predicted molar refractivity (Wildman–Crippen MR) is 94.0 cm³/mol. The summed E-state index contributed by atoms with van der Waals surface area (Å²) in [6, 6.07) is 13.2. The van der Waals surface area contributed by atoms with Gasteiger partial charge in [0.2, 0.25) is 5.91 Å². The maximum absolute atomic E-state index is 13.0. The van der Waals surface area contributed by atoms with Gasteiger partial charge in [0.25, 0.3) is 5.91 Å². The van der Waals surface area contributed by atoms with Crippen molar-refractivity contribution in [3.8, 4) is 5.69 Å². The van der Waals surface area contributed by atoms with Crippen molar-refractivity contribution in [2.75, 3.05) is 0 Å².